The van der Waals surface area contributed by atoms with Gasteiger partial charge >= 0.3 is 11.7 Å². The minimum Gasteiger partial charge on any atom is -0.478 e. The first-order chi connectivity index (χ1) is 10.1. The van der Waals surface area contributed by atoms with Gasteiger partial charge in [0.1, 0.15) is 0 Å². The fraction of sp³-hybridized carbons (Fsp3) is 0.0667. The first kappa shape index (κ1) is 13.6. The zero-order valence-corrected chi connectivity index (χ0v) is 12.4. The van der Waals surface area contributed by atoms with Crippen molar-refractivity contribution in [3.8, 4) is 0 Å². The average molecular weight is 347 g/mol. The molecule has 0 spiro atoms. The van der Waals surface area contributed by atoms with E-state index in [1.165, 1.54) is 10.6 Å². The Kier molecular flexibility index (Phi) is 3.39. The van der Waals surface area contributed by atoms with Crippen LogP contribution in [0.4, 0.5) is 0 Å². The molecule has 0 aliphatic rings. The second kappa shape index (κ2) is 5.21. The predicted molar refractivity (Wildman–Crippen MR) is 82.8 cm³/mol. The topological polar surface area (TPSA) is 75.1 Å². The number of imidazole rings is 1. The van der Waals surface area contributed by atoms with Crippen molar-refractivity contribution in [2.75, 3.05) is 0 Å². The van der Waals surface area contributed by atoms with Crippen molar-refractivity contribution >= 4 is 32.9 Å². The summed E-state index contributed by atoms with van der Waals surface area (Å²) in [5, 5.41) is 9.29. The molecule has 0 saturated heterocycles. The number of aromatic amines is 1. The Morgan fingerprint density at radius 1 is 1.24 bits per heavy atom. The van der Waals surface area contributed by atoms with Gasteiger partial charge in [-0.1, -0.05) is 34.1 Å². The number of aromatic nitrogens is 2. The summed E-state index contributed by atoms with van der Waals surface area (Å²) in [4.78, 5) is 26.1. The predicted octanol–water partition coefficient (Wildman–Crippen LogP) is 2.84. The highest BCUT2D eigenvalue weighted by Crippen LogP contribution is 2.18. The molecule has 1 aromatic heterocycles. The van der Waals surface area contributed by atoms with Crippen LogP contribution >= 0.6 is 15.9 Å². The van der Waals surface area contributed by atoms with Gasteiger partial charge in [-0.2, -0.15) is 0 Å². The molecule has 0 radical (unpaired) electrons. The molecule has 3 rings (SSSR count). The highest BCUT2D eigenvalue weighted by molar-refractivity contribution is 9.10. The van der Waals surface area contributed by atoms with E-state index in [1.807, 2.05) is 24.3 Å². The van der Waals surface area contributed by atoms with Crippen molar-refractivity contribution < 1.29 is 9.90 Å². The lowest BCUT2D eigenvalue weighted by atomic mass is 10.1. The number of benzene rings is 2. The normalized spacial score (nSPS) is 10.9. The van der Waals surface area contributed by atoms with E-state index < -0.39 is 5.97 Å². The lowest BCUT2D eigenvalue weighted by molar-refractivity contribution is 0.0698. The summed E-state index contributed by atoms with van der Waals surface area (Å²) in [6.45, 7) is 0.308. The van der Waals surface area contributed by atoms with Gasteiger partial charge in [-0.3, -0.25) is 4.57 Å². The summed E-state index contributed by atoms with van der Waals surface area (Å²) in [5.74, 6) is -1.05. The number of para-hydroxylation sites is 1. The fourth-order valence-electron chi connectivity index (χ4n) is 2.36. The summed E-state index contributed by atoms with van der Waals surface area (Å²) in [5.41, 5.74) is 1.64. The number of fused-ring (bicyclic) bond motifs is 1. The van der Waals surface area contributed by atoms with Gasteiger partial charge in [-0.15, -0.1) is 0 Å². The Hall–Kier alpha value is -2.34. The Balaban J connectivity index is 2.20. The van der Waals surface area contributed by atoms with E-state index >= 15 is 0 Å². The molecular weight excluding hydrogens is 336 g/mol. The molecule has 0 saturated carbocycles. The number of halogens is 1. The number of hydrogen-bond acceptors (Lipinski definition) is 2. The minimum atomic E-state index is -1.05. The summed E-state index contributed by atoms with van der Waals surface area (Å²) in [6.07, 6.45) is 0. The van der Waals surface area contributed by atoms with E-state index in [1.54, 1.807) is 12.1 Å². The third kappa shape index (κ3) is 2.50. The molecule has 3 aromatic rings. The van der Waals surface area contributed by atoms with Crippen LogP contribution in [0.2, 0.25) is 0 Å². The molecular formula is C15H11BrN2O3. The van der Waals surface area contributed by atoms with Gasteiger partial charge in [0.05, 0.1) is 23.1 Å². The zero-order valence-electron chi connectivity index (χ0n) is 10.8. The van der Waals surface area contributed by atoms with Crippen LogP contribution in [0.5, 0.6) is 0 Å². The van der Waals surface area contributed by atoms with Gasteiger partial charge in [0.15, 0.2) is 0 Å². The van der Waals surface area contributed by atoms with E-state index in [2.05, 4.69) is 20.9 Å². The highest BCUT2D eigenvalue weighted by atomic mass is 79.9. The van der Waals surface area contributed by atoms with Gasteiger partial charge in [0.2, 0.25) is 0 Å². The summed E-state index contributed by atoms with van der Waals surface area (Å²) in [6, 6.07) is 12.4. The van der Waals surface area contributed by atoms with Crippen LogP contribution in [0.3, 0.4) is 0 Å². The molecule has 0 unspecified atom stereocenters. The van der Waals surface area contributed by atoms with Gasteiger partial charge in [-0.05, 0) is 29.8 Å². The second-order valence-corrected chi connectivity index (χ2v) is 5.57. The fourth-order valence-corrected chi connectivity index (χ4v) is 2.81. The molecule has 0 aliphatic heterocycles. The second-order valence-electron chi connectivity index (χ2n) is 4.65. The number of hydrogen-bond donors (Lipinski definition) is 2. The largest absolute Gasteiger partial charge is 0.478 e. The number of carboxylic acid groups (broad SMARTS) is 1. The van der Waals surface area contributed by atoms with E-state index in [-0.39, 0.29) is 11.3 Å². The van der Waals surface area contributed by atoms with Crippen LogP contribution in [-0.2, 0) is 6.54 Å². The molecule has 0 amide bonds. The van der Waals surface area contributed by atoms with E-state index in [4.69, 9.17) is 0 Å². The van der Waals surface area contributed by atoms with Crippen molar-refractivity contribution in [1.29, 1.82) is 0 Å². The molecule has 0 aliphatic carbocycles. The number of H-pyrrole nitrogens is 1. The molecule has 106 valence electrons. The first-order valence-corrected chi connectivity index (χ1v) is 7.05. The van der Waals surface area contributed by atoms with E-state index in [9.17, 15) is 14.7 Å². The van der Waals surface area contributed by atoms with Crippen molar-refractivity contribution in [3.63, 3.8) is 0 Å². The third-order valence-electron chi connectivity index (χ3n) is 3.25. The monoisotopic (exact) mass is 346 g/mol. The molecule has 2 N–H and O–H groups in total. The maximum Gasteiger partial charge on any atom is 0.337 e. The molecule has 2 aromatic carbocycles. The zero-order chi connectivity index (χ0) is 15.0. The molecule has 1 heterocycles. The first-order valence-electron chi connectivity index (χ1n) is 6.25. The molecule has 0 atom stereocenters. The Bertz CT molecular complexity index is 895. The molecule has 0 bridgehead atoms. The standard InChI is InChI=1S/C15H11BrN2O3/c16-10-4-1-3-9(7-10)8-18-13-11(14(19)20)5-2-6-12(13)17-15(18)21/h1-7H,8H2,(H,17,21)(H,19,20). The lowest BCUT2D eigenvalue weighted by Gasteiger charge is -2.06. The maximum absolute atomic E-state index is 12.1. The molecule has 0 fully saturated rings. The molecule has 6 heteroatoms. The van der Waals surface area contributed by atoms with Crippen LogP contribution in [0.25, 0.3) is 11.0 Å². The van der Waals surface area contributed by atoms with Gasteiger partial charge < -0.3 is 10.1 Å². The SMILES string of the molecule is O=C(O)c1cccc2[nH]c(=O)n(Cc3cccc(Br)c3)c12. The maximum atomic E-state index is 12.1. The molecule has 5 nitrogen and oxygen atoms in total. The van der Waals surface area contributed by atoms with E-state index in [0.717, 1.165) is 10.0 Å². The number of carbonyl (C=O) groups is 1. The number of carboxylic acids is 1. The number of aromatic carboxylic acids is 1. The lowest BCUT2D eigenvalue weighted by Crippen LogP contribution is -2.18. The van der Waals surface area contributed by atoms with Gasteiger partial charge in [0, 0.05) is 4.47 Å². The van der Waals surface area contributed by atoms with Crippen LogP contribution in [-0.4, -0.2) is 20.6 Å². The van der Waals surface area contributed by atoms with Crippen LogP contribution < -0.4 is 5.69 Å². The van der Waals surface area contributed by atoms with Crippen LogP contribution in [0, 0.1) is 0 Å². The Morgan fingerprint density at radius 2 is 2.00 bits per heavy atom. The number of nitrogens with zero attached hydrogens (tertiary/aromatic N) is 1. The van der Waals surface area contributed by atoms with Crippen LogP contribution in [0.1, 0.15) is 15.9 Å². The van der Waals surface area contributed by atoms with Crippen molar-refractivity contribution in [3.05, 3.63) is 68.5 Å². The minimum absolute atomic E-state index is 0.112. The van der Waals surface area contributed by atoms with Crippen molar-refractivity contribution in [2.45, 2.75) is 6.54 Å². The third-order valence-corrected chi connectivity index (χ3v) is 3.75. The van der Waals surface area contributed by atoms with Gasteiger partial charge in [0.25, 0.3) is 0 Å². The summed E-state index contributed by atoms with van der Waals surface area (Å²) in [7, 11) is 0. The average Bonchev–Trinajstić information content (AvgIpc) is 2.75. The Labute approximate surface area is 128 Å². The van der Waals surface area contributed by atoms with Crippen LogP contribution in [0.15, 0.2) is 51.7 Å². The summed E-state index contributed by atoms with van der Waals surface area (Å²) < 4.78 is 2.35. The van der Waals surface area contributed by atoms with Gasteiger partial charge in [-0.25, -0.2) is 9.59 Å². The highest BCUT2D eigenvalue weighted by Gasteiger charge is 2.15. The Morgan fingerprint density at radius 3 is 2.71 bits per heavy atom. The van der Waals surface area contributed by atoms with E-state index in [0.29, 0.717) is 17.6 Å². The molecule has 21 heavy (non-hydrogen) atoms. The number of nitrogens with one attached hydrogen (secondary N) is 1. The quantitative estimate of drug-likeness (QED) is 0.765. The smallest absolute Gasteiger partial charge is 0.337 e. The van der Waals surface area contributed by atoms with Crippen molar-refractivity contribution in [2.24, 2.45) is 0 Å². The summed E-state index contributed by atoms with van der Waals surface area (Å²) >= 11 is 3.38. The van der Waals surface area contributed by atoms with Crippen molar-refractivity contribution in [1.82, 2.24) is 9.55 Å². The number of rotatable bonds is 3.